The zero-order valence-electron chi connectivity index (χ0n) is 10.8. The van der Waals surface area contributed by atoms with E-state index >= 15 is 0 Å². The average Bonchev–Trinajstić information content (AvgIpc) is 2.86. The third-order valence-corrected chi connectivity index (χ3v) is 5.47. The molecule has 0 unspecified atom stereocenters. The summed E-state index contributed by atoms with van der Waals surface area (Å²) < 4.78 is 3.35. The maximum atomic E-state index is 6.13. The highest BCUT2D eigenvalue weighted by Crippen LogP contribution is 2.32. The van der Waals surface area contributed by atoms with Crippen LogP contribution in [0.3, 0.4) is 0 Å². The Morgan fingerprint density at radius 3 is 2.84 bits per heavy atom. The van der Waals surface area contributed by atoms with Gasteiger partial charge in [0.15, 0.2) is 0 Å². The minimum Gasteiger partial charge on any atom is -0.347 e. The molecule has 19 heavy (non-hydrogen) atoms. The Balaban J connectivity index is 1.76. The Kier molecular flexibility index (Phi) is 4.15. The molecule has 0 spiro atoms. The molecule has 1 aliphatic rings. The topological polar surface area (TPSA) is 17.0 Å². The monoisotopic (exact) mass is 340 g/mol. The van der Waals surface area contributed by atoms with Crippen LogP contribution in [-0.4, -0.2) is 17.7 Å². The van der Waals surface area contributed by atoms with Crippen molar-refractivity contribution in [2.75, 3.05) is 13.1 Å². The van der Waals surface area contributed by atoms with Crippen molar-refractivity contribution in [2.45, 2.75) is 25.8 Å². The zero-order chi connectivity index (χ0) is 13.2. The van der Waals surface area contributed by atoms with Gasteiger partial charge in [-0.15, -0.1) is 0 Å². The van der Waals surface area contributed by atoms with Gasteiger partial charge in [0.2, 0.25) is 0 Å². The number of hydrogen-bond donors (Lipinski definition) is 1. The molecule has 0 bridgehead atoms. The molecule has 1 saturated heterocycles. The van der Waals surface area contributed by atoms with Gasteiger partial charge >= 0.3 is 0 Å². The fraction of sp³-hybridized carbons (Fsp3) is 0.467. The average molecular weight is 342 g/mol. The highest BCUT2D eigenvalue weighted by Gasteiger charge is 2.13. The van der Waals surface area contributed by atoms with Gasteiger partial charge < -0.3 is 9.88 Å². The van der Waals surface area contributed by atoms with Gasteiger partial charge in [-0.2, -0.15) is 0 Å². The van der Waals surface area contributed by atoms with Crippen molar-refractivity contribution in [1.29, 1.82) is 0 Å². The summed E-state index contributed by atoms with van der Waals surface area (Å²) in [4.78, 5) is 0. The smallest absolute Gasteiger partial charge is 0.0555 e. The van der Waals surface area contributed by atoms with Crippen molar-refractivity contribution >= 4 is 38.4 Å². The zero-order valence-corrected chi connectivity index (χ0v) is 13.2. The Labute approximate surface area is 127 Å². The third-order valence-electron chi connectivity index (χ3n) is 4.08. The first-order valence-electron chi connectivity index (χ1n) is 6.89. The predicted molar refractivity (Wildman–Crippen MR) is 84.9 cm³/mol. The number of nitrogens with zero attached hydrogens (tertiary/aromatic N) is 1. The summed E-state index contributed by atoms with van der Waals surface area (Å²) in [6.45, 7) is 3.46. The lowest BCUT2D eigenvalue weighted by Crippen LogP contribution is -2.28. The number of fused-ring (bicyclic) bond motifs is 1. The van der Waals surface area contributed by atoms with Crippen LogP contribution in [0.5, 0.6) is 0 Å². The van der Waals surface area contributed by atoms with Crippen molar-refractivity contribution in [3.05, 3.63) is 33.9 Å². The van der Waals surface area contributed by atoms with Crippen LogP contribution in [0.25, 0.3) is 10.9 Å². The van der Waals surface area contributed by atoms with Crippen LogP contribution in [0.2, 0.25) is 5.02 Å². The molecule has 1 fully saturated rings. The Hall–Kier alpha value is -0.510. The number of aromatic nitrogens is 1. The molecule has 0 saturated carbocycles. The van der Waals surface area contributed by atoms with Crippen molar-refractivity contribution in [1.82, 2.24) is 9.88 Å². The molecule has 2 heterocycles. The van der Waals surface area contributed by atoms with Gasteiger partial charge in [-0.3, -0.25) is 0 Å². The molecule has 102 valence electrons. The van der Waals surface area contributed by atoms with E-state index in [-0.39, 0.29) is 0 Å². The van der Waals surface area contributed by atoms with Gasteiger partial charge in [-0.05, 0) is 72.4 Å². The second-order valence-corrected chi connectivity index (χ2v) is 6.49. The van der Waals surface area contributed by atoms with E-state index in [9.17, 15) is 0 Å². The van der Waals surface area contributed by atoms with Gasteiger partial charge in [0, 0.05) is 28.1 Å². The summed E-state index contributed by atoms with van der Waals surface area (Å²) in [5.74, 6) is 0.870. The van der Waals surface area contributed by atoms with Crippen molar-refractivity contribution in [2.24, 2.45) is 5.92 Å². The van der Waals surface area contributed by atoms with Crippen molar-refractivity contribution < 1.29 is 0 Å². The quantitative estimate of drug-likeness (QED) is 0.873. The maximum Gasteiger partial charge on any atom is 0.0555 e. The summed E-state index contributed by atoms with van der Waals surface area (Å²) >= 11 is 9.70. The molecule has 4 heteroatoms. The van der Waals surface area contributed by atoms with Gasteiger partial charge in [-0.25, -0.2) is 0 Å². The molecule has 1 aromatic carbocycles. The number of piperidine rings is 1. The van der Waals surface area contributed by atoms with Gasteiger partial charge in [0.1, 0.15) is 0 Å². The van der Waals surface area contributed by atoms with Crippen LogP contribution in [0.1, 0.15) is 19.3 Å². The molecular formula is C15H18BrClN2. The van der Waals surface area contributed by atoms with Crippen LogP contribution in [0.15, 0.2) is 28.9 Å². The van der Waals surface area contributed by atoms with E-state index in [1.807, 2.05) is 6.07 Å². The summed E-state index contributed by atoms with van der Waals surface area (Å²) in [5, 5.41) is 5.41. The fourth-order valence-electron chi connectivity index (χ4n) is 2.90. The lowest BCUT2D eigenvalue weighted by atomic mass is 9.95. The van der Waals surface area contributed by atoms with Crippen LogP contribution >= 0.6 is 27.5 Å². The Morgan fingerprint density at radius 2 is 2.05 bits per heavy atom. The summed E-state index contributed by atoms with van der Waals surface area (Å²) in [5.41, 5.74) is 1.27. The standard InChI is InChI=1S/C15H18BrClN2/c16-15-12-6-10-19(14(12)2-1-13(15)17)9-5-11-3-7-18-8-4-11/h1-2,6,10-11,18H,3-5,7-9H2. The molecule has 1 aliphatic heterocycles. The largest absolute Gasteiger partial charge is 0.347 e. The molecule has 2 aromatic rings. The molecule has 0 amide bonds. The highest BCUT2D eigenvalue weighted by atomic mass is 79.9. The molecule has 1 aromatic heterocycles. The molecule has 1 N–H and O–H groups in total. The van der Waals surface area contributed by atoms with Gasteiger partial charge in [0.25, 0.3) is 0 Å². The van der Waals surface area contributed by atoms with Crippen LogP contribution in [-0.2, 0) is 6.54 Å². The lowest BCUT2D eigenvalue weighted by Gasteiger charge is -2.22. The summed E-state index contributed by atoms with van der Waals surface area (Å²) in [6, 6.07) is 6.23. The SMILES string of the molecule is Clc1ccc2c(ccn2CCC2CCNCC2)c1Br. The Morgan fingerprint density at radius 1 is 1.26 bits per heavy atom. The predicted octanol–water partition coefficient (Wildman–Crippen LogP) is 4.45. The van der Waals surface area contributed by atoms with E-state index in [2.05, 4.69) is 44.1 Å². The number of rotatable bonds is 3. The summed E-state index contributed by atoms with van der Waals surface area (Å²) in [7, 11) is 0. The molecule has 0 radical (unpaired) electrons. The molecule has 3 rings (SSSR count). The van der Waals surface area contributed by atoms with E-state index in [0.717, 1.165) is 22.0 Å². The minimum absolute atomic E-state index is 0.781. The van der Waals surface area contributed by atoms with E-state index in [0.29, 0.717) is 0 Å². The first-order valence-corrected chi connectivity index (χ1v) is 8.06. The number of benzene rings is 1. The minimum atomic E-state index is 0.781. The van der Waals surface area contributed by atoms with Crippen molar-refractivity contribution in [3.8, 4) is 0 Å². The number of halogens is 2. The van der Waals surface area contributed by atoms with Gasteiger partial charge in [0.05, 0.1) is 5.02 Å². The molecular weight excluding hydrogens is 324 g/mol. The number of aryl methyl sites for hydroxylation is 1. The fourth-order valence-corrected chi connectivity index (χ4v) is 3.53. The second-order valence-electron chi connectivity index (χ2n) is 5.29. The molecule has 0 aliphatic carbocycles. The van der Waals surface area contributed by atoms with E-state index in [1.165, 1.54) is 43.3 Å². The second kappa shape index (κ2) is 5.86. The molecule has 2 nitrogen and oxygen atoms in total. The normalized spacial score (nSPS) is 17.2. The van der Waals surface area contributed by atoms with Gasteiger partial charge in [-0.1, -0.05) is 11.6 Å². The third kappa shape index (κ3) is 2.83. The Bertz CT molecular complexity index is 573. The van der Waals surface area contributed by atoms with Crippen LogP contribution < -0.4 is 5.32 Å². The van der Waals surface area contributed by atoms with Crippen LogP contribution in [0.4, 0.5) is 0 Å². The first kappa shape index (κ1) is 13.5. The van der Waals surface area contributed by atoms with E-state index < -0.39 is 0 Å². The number of hydrogen-bond acceptors (Lipinski definition) is 1. The number of nitrogens with one attached hydrogen (secondary N) is 1. The van der Waals surface area contributed by atoms with E-state index in [4.69, 9.17) is 11.6 Å². The lowest BCUT2D eigenvalue weighted by molar-refractivity contribution is 0.339. The molecule has 0 atom stereocenters. The maximum absolute atomic E-state index is 6.13. The van der Waals surface area contributed by atoms with E-state index in [1.54, 1.807) is 0 Å². The first-order chi connectivity index (χ1) is 9.25. The van der Waals surface area contributed by atoms with Crippen LogP contribution in [0, 0.1) is 5.92 Å². The highest BCUT2D eigenvalue weighted by molar-refractivity contribution is 9.10. The van der Waals surface area contributed by atoms with Crippen molar-refractivity contribution in [3.63, 3.8) is 0 Å². The summed E-state index contributed by atoms with van der Waals surface area (Å²) in [6.07, 6.45) is 6.07.